The highest BCUT2D eigenvalue weighted by atomic mass is 16.5. The highest BCUT2D eigenvalue weighted by molar-refractivity contribution is 5.80. The van der Waals surface area contributed by atoms with E-state index in [2.05, 4.69) is 4.90 Å². The van der Waals surface area contributed by atoms with E-state index in [1.807, 2.05) is 13.8 Å². The maximum Gasteiger partial charge on any atom is 0.326 e. The lowest BCUT2D eigenvalue weighted by molar-refractivity contribution is -0.155. The highest BCUT2D eigenvalue weighted by Crippen LogP contribution is 2.30. The molecule has 0 radical (unpaired) electrons. The number of carbonyl (C=O) groups excluding carboxylic acids is 1. The quantitative estimate of drug-likeness (QED) is 0.510. The fourth-order valence-electron chi connectivity index (χ4n) is 2.30. The van der Waals surface area contributed by atoms with E-state index in [1.165, 1.54) is 0 Å². The van der Waals surface area contributed by atoms with Gasteiger partial charge < -0.3 is 9.47 Å². The average molecular weight is 229 g/mol. The van der Waals surface area contributed by atoms with Gasteiger partial charge in [-0.05, 0) is 39.7 Å². The molecule has 1 rings (SSSR count). The van der Waals surface area contributed by atoms with E-state index < -0.39 is 5.54 Å². The second kappa shape index (κ2) is 6.21. The summed E-state index contributed by atoms with van der Waals surface area (Å²) in [4.78, 5) is 14.1. The minimum atomic E-state index is -0.413. The Morgan fingerprint density at radius 3 is 2.88 bits per heavy atom. The second-order valence-corrected chi connectivity index (χ2v) is 4.43. The fourth-order valence-corrected chi connectivity index (χ4v) is 2.30. The minimum Gasteiger partial charge on any atom is -0.465 e. The third kappa shape index (κ3) is 2.95. The van der Waals surface area contributed by atoms with Gasteiger partial charge in [-0.2, -0.15) is 0 Å². The summed E-state index contributed by atoms with van der Waals surface area (Å²) in [6.07, 6.45) is 2.94. The Kier molecular flexibility index (Phi) is 5.22. The van der Waals surface area contributed by atoms with Crippen molar-refractivity contribution >= 4 is 5.97 Å². The van der Waals surface area contributed by atoms with Crippen LogP contribution in [0.1, 0.15) is 33.1 Å². The maximum atomic E-state index is 11.9. The van der Waals surface area contributed by atoms with Crippen LogP contribution in [0.25, 0.3) is 0 Å². The Labute approximate surface area is 97.9 Å². The molecule has 0 aromatic carbocycles. The monoisotopic (exact) mass is 229 g/mol. The van der Waals surface area contributed by atoms with Gasteiger partial charge in [0.15, 0.2) is 0 Å². The van der Waals surface area contributed by atoms with Crippen LogP contribution < -0.4 is 0 Å². The lowest BCUT2D eigenvalue weighted by Gasteiger charge is -2.32. The predicted octanol–water partition coefficient (Wildman–Crippen LogP) is 1.44. The first-order valence-corrected chi connectivity index (χ1v) is 6.06. The number of hydrogen-bond donors (Lipinski definition) is 0. The molecule has 1 heterocycles. The zero-order valence-electron chi connectivity index (χ0n) is 10.6. The molecule has 1 atom stereocenters. The van der Waals surface area contributed by atoms with Crippen molar-refractivity contribution in [3.05, 3.63) is 0 Å². The van der Waals surface area contributed by atoms with E-state index in [0.29, 0.717) is 6.61 Å². The van der Waals surface area contributed by atoms with Crippen molar-refractivity contribution in [3.8, 4) is 0 Å². The van der Waals surface area contributed by atoms with Crippen LogP contribution in [0.15, 0.2) is 0 Å². The number of rotatable bonds is 6. The van der Waals surface area contributed by atoms with Crippen LogP contribution in [0.5, 0.6) is 0 Å². The number of esters is 1. The highest BCUT2D eigenvalue weighted by Gasteiger charge is 2.43. The van der Waals surface area contributed by atoms with Crippen LogP contribution >= 0.6 is 0 Å². The second-order valence-electron chi connectivity index (χ2n) is 4.43. The molecule has 0 N–H and O–H groups in total. The van der Waals surface area contributed by atoms with Crippen LogP contribution in [-0.2, 0) is 14.3 Å². The molecule has 0 bridgehead atoms. The van der Waals surface area contributed by atoms with Gasteiger partial charge in [0.1, 0.15) is 5.54 Å². The third-order valence-electron chi connectivity index (χ3n) is 3.28. The van der Waals surface area contributed by atoms with Gasteiger partial charge in [0.05, 0.1) is 6.61 Å². The topological polar surface area (TPSA) is 38.8 Å². The zero-order valence-corrected chi connectivity index (χ0v) is 10.6. The standard InChI is InChI=1S/C12H23NO3/c1-4-16-11(14)12(2)7-5-8-13(12)9-6-10-15-3/h4-10H2,1-3H3. The predicted molar refractivity (Wildman–Crippen MR) is 62.3 cm³/mol. The van der Waals surface area contributed by atoms with Gasteiger partial charge in [-0.1, -0.05) is 0 Å². The Balaban J connectivity index is 2.52. The molecule has 1 aliphatic heterocycles. The van der Waals surface area contributed by atoms with Gasteiger partial charge in [-0.3, -0.25) is 9.69 Å². The Morgan fingerprint density at radius 1 is 1.50 bits per heavy atom. The van der Waals surface area contributed by atoms with E-state index >= 15 is 0 Å². The van der Waals surface area contributed by atoms with E-state index in [4.69, 9.17) is 9.47 Å². The van der Waals surface area contributed by atoms with Crippen molar-refractivity contribution in [1.82, 2.24) is 4.90 Å². The SMILES string of the molecule is CCOC(=O)C1(C)CCCN1CCCOC. The normalized spacial score (nSPS) is 25.9. The van der Waals surface area contributed by atoms with E-state index in [1.54, 1.807) is 7.11 Å². The molecule has 1 fully saturated rings. The number of nitrogens with zero attached hydrogens (tertiary/aromatic N) is 1. The lowest BCUT2D eigenvalue weighted by atomic mass is 9.99. The number of likely N-dealkylation sites (tertiary alicyclic amines) is 1. The Hall–Kier alpha value is -0.610. The Morgan fingerprint density at radius 2 is 2.25 bits per heavy atom. The van der Waals surface area contributed by atoms with Crippen molar-refractivity contribution in [3.63, 3.8) is 0 Å². The van der Waals surface area contributed by atoms with Gasteiger partial charge in [0.2, 0.25) is 0 Å². The summed E-state index contributed by atoms with van der Waals surface area (Å²) in [5.41, 5.74) is -0.413. The summed E-state index contributed by atoms with van der Waals surface area (Å²) >= 11 is 0. The van der Waals surface area contributed by atoms with E-state index in [9.17, 15) is 4.79 Å². The molecule has 1 unspecified atom stereocenters. The largest absolute Gasteiger partial charge is 0.465 e. The summed E-state index contributed by atoms with van der Waals surface area (Å²) < 4.78 is 10.2. The van der Waals surface area contributed by atoms with Crippen molar-refractivity contribution in [1.29, 1.82) is 0 Å². The summed E-state index contributed by atoms with van der Waals surface area (Å²) in [6.45, 7) is 6.94. The molecular weight excluding hydrogens is 206 g/mol. The van der Waals surface area contributed by atoms with Gasteiger partial charge in [0.25, 0.3) is 0 Å². The molecule has 0 aliphatic carbocycles. The first-order valence-electron chi connectivity index (χ1n) is 6.06. The zero-order chi connectivity index (χ0) is 12.0. The molecule has 0 aromatic heterocycles. The van der Waals surface area contributed by atoms with Crippen LogP contribution in [0, 0.1) is 0 Å². The van der Waals surface area contributed by atoms with Gasteiger partial charge in [-0.15, -0.1) is 0 Å². The third-order valence-corrected chi connectivity index (χ3v) is 3.28. The molecule has 4 nitrogen and oxygen atoms in total. The van der Waals surface area contributed by atoms with Crippen molar-refractivity contribution in [2.75, 3.05) is 33.4 Å². The van der Waals surface area contributed by atoms with E-state index in [0.717, 1.165) is 39.0 Å². The lowest BCUT2D eigenvalue weighted by Crippen LogP contribution is -2.49. The first-order chi connectivity index (χ1) is 7.65. The van der Waals surface area contributed by atoms with Gasteiger partial charge in [0, 0.05) is 20.3 Å². The smallest absolute Gasteiger partial charge is 0.326 e. The Bertz CT molecular complexity index is 232. The van der Waals surface area contributed by atoms with Gasteiger partial charge >= 0.3 is 5.97 Å². The minimum absolute atomic E-state index is 0.0788. The van der Waals surface area contributed by atoms with Crippen molar-refractivity contribution in [2.45, 2.75) is 38.6 Å². The molecule has 1 saturated heterocycles. The molecule has 0 saturated carbocycles. The first kappa shape index (κ1) is 13.5. The number of methoxy groups -OCH3 is 1. The van der Waals surface area contributed by atoms with Crippen molar-refractivity contribution < 1.29 is 14.3 Å². The fraction of sp³-hybridized carbons (Fsp3) is 0.917. The number of ether oxygens (including phenoxy) is 2. The molecule has 0 spiro atoms. The maximum absolute atomic E-state index is 11.9. The average Bonchev–Trinajstić information content (AvgIpc) is 2.63. The molecule has 0 amide bonds. The van der Waals surface area contributed by atoms with Crippen molar-refractivity contribution in [2.24, 2.45) is 0 Å². The van der Waals surface area contributed by atoms with Gasteiger partial charge in [-0.25, -0.2) is 0 Å². The number of hydrogen-bond acceptors (Lipinski definition) is 4. The molecular formula is C12H23NO3. The van der Waals surface area contributed by atoms with Crippen LogP contribution in [0.3, 0.4) is 0 Å². The number of carbonyl (C=O) groups is 1. The molecule has 4 heteroatoms. The molecule has 94 valence electrons. The van der Waals surface area contributed by atoms with Crippen LogP contribution in [-0.4, -0.2) is 49.8 Å². The molecule has 0 aromatic rings. The molecule has 16 heavy (non-hydrogen) atoms. The van der Waals surface area contributed by atoms with Crippen LogP contribution in [0.4, 0.5) is 0 Å². The summed E-state index contributed by atoms with van der Waals surface area (Å²) in [7, 11) is 1.70. The summed E-state index contributed by atoms with van der Waals surface area (Å²) in [6, 6.07) is 0. The van der Waals surface area contributed by atoms with E-state index in [-0.39, 0.29) is 5.97 Å². The summed E-state index contributed by atoms with van der Waals surface area (Å²) in [5, 5.41) is 0. The van der Waals surface area contributed by atoms with Crippen LogP contribution in [0.2, 0.25) is 0 Å². The molecule has 1 aliphatic rings. The summed E-state index contributed by atoms with van der Waals surface area (Å²) in [5.74, 6) is -0.0788.